The number of hydrogen-bond donors (Lipinski definition) is 2. The van der Waals surface area contributed by atoms with Gasteiger partial charge in [-0.15, -0.1) is 0 Å². The first-order chi connectivity index (χ1) is 16.5. The number of carbonyl (C=O) groups is 1. The standard InChI is InChI=1S/C23H24FN7O3/c1-34-15-6-7-18-16(14-15)21(32)28-23(27-18)30-11-3-10-29(12-13-30)22(33)20-17(24)4-2-5-19(20)31-25-8-9-26-31/h2,4-9,14,21,32H,3,10-13H2,1H3,(H,27,28). The van der Waals surface area contributed by atoms with Crippen LogP contribution in [0.15, 0.2) is 53.8 Å². The third-order valence-electron chi connectivity index (χ3n) is 5.95. The molecule has 2 aliphatic heterocycles. The molecule has 0 saturated carbocycles. The number of aliphatic imine (C=N–C) groups is 1. The van der Waals surface area contributed by atoms with Gasteiger partial charge in [-0.05, 0) is 36.8 Å². The maximum absolute atomic E-state index is 14.8. The van der Waals surface area contributed by atoms with Crippen LogP contribution in [0.3, 0.4) is 0 Å². The second-order valence-corrected chi connectivity index (χ2v) is 7.99. The highest BCUT2D eigenvalue weighted by molar-refractivity contribution is 5.98. The van der Waals surface area contributed by atoms with Crippen LogP contribution in [-0.2, 0) is 0 Å². The number of nitrogens with one attached hydrogen (secondary N) is 1. The number of nitrogens with zero attached hydrogens (tertiary/aromatic N) is 6. The highest BCUT2D eigenvalue weighted by atomic mass is 19.1. The number of methoxy groups -OCH3 is 1. The number of benzene rings is 2. The van der Waals surface area contributed by atoms with Crippen molar-refractivity contribution in [3.05, 3.63) is 65.7 Å². The van der Waals surface area contributed by atoms with Gasteiger partial charge in [0.1, 0.15) is 22.8 Å². The molecule has 0 bridgehead atoms. The molecule has 5 rings (SSSR count). The second kappa shape index (κ2) is 9.10. The van der Waals surface area contributed by atoms with E-state index in [-0.39, 0.29) is 5.56 Å². The smallest absolute Gasteiger partial charge is 0.259 e. The lowest BCUT2D eigenvalue weighted by Gasteiger charge is -2.30. The predicted molar refractivity (Wildman–Crippen MR) is 122 cm³/mol. The number of hydrogen-bond acceptors (Lipinski definition) is 8. The minimum atomic E-state index is -1.02. The van der Waals surface area contributed by atoms with Crippen LogP contribution in [0.25, 0.3) is 5.69 Å². The van der Waals surface area contributed by atoms with Crippen LogP contribution in [0, 0.1) is 5.82 Å². The molecule has 3 heterocycles. The summed E-state index contributed by atoms with van der Waals surface area (Å²) in [5.74, 6) is 0.143. The maximum Gasteiger partial charge on any atom is 0.259 e. The summed E-state index contributed by atoms with van der Waals surface area (Å²) in [6, 6.07) is 9.80. The van der Waals surface area contributed by atoms with Crippen LogP contribution in [0.4, 0.5) is 10.1 Å². The topological polar surface area (TPSA) is 108 Å². The lowest BCUT2D eigenvalue weighted by Crippen LogP contribution is -2.42. The van der Waals surface area contributed by atoms with Gasteiger partial charge in [0.2, 0.25) is 5.96 Å². The summed E-state index contributed by atoms with van der Waals surface area (Å²) in [5, 5.41) is 21.9. The molecule has 1 aromatic heterocycles. The number of aliphatic hydroxyl groups is 1. The van der Waals surface area contributed by atoms with Gasteiger partial charge < -0.3 is 25.0 Å². The van der Waals surface area contributed by atoms with Crippen molar-refractivity contribution in [2.45, 2.75) is 12.6 Å². The molecule has 3 aromatic rings. The van der Waals surface area contributed by atoms with Gasteiger partial charge in [0.15, 0.2) is 6.23 Å². The van der Waals surface area contributed by atoms with Crippen LogP contribution in [-0.4, -0.2) is 75.1 Å². The molecule has 0 aliphatic carbocycles. The number of aliphatic hydroxyl groups excluding tert-OH is 1. The zero-order valence-corrected chi connectivity index (χ0v) is 18.6. The minimum absolute atomic E-state index is 0.0569. The zero-order valence-electron chi connectivity index (χ0n) is 18.6. The van der Waals surface area contributed by atoms with Crippen LogP contribution in [0.1, 0.15) is 28.6 Å². The molecule has 1 fully saturated rings. The first-order valence-electron chi connectivity index (χ1n) is 11.0. The van der Waals surface area contributed by atoms with E-state index in [1.165, 1.54) is 29.3 Å². The van der Waals surface area contributed by atoms with Crippen LogP contribution >= 0.6 is 0 Å². The summed E-state index contributed by atoms with van der Waals surface area (Å²) in [7, 11) is 1.57. The molecule has 1 saturated heterocycles. The number of fused-ring (bicyclic) bond motifs is 1. The number of rotatable bonds is 3. The Balaban J connectivity index is 1.33. The van der Waals surface area contributed by atoms with Gasteiger partial charge in [-0.25, -0.2) is 9.38 Å². The number of anilines is 1. The molecular formula is C23H24FN7O3. The van der Waals surface area contributed by atoms with Gasteiger partial charge in [0.25, 0.3) is 5.91 Å². The van der Waals surface area contributed by atoms with Crippen molar-refractivity contribution in [2.24, 2.45) is 4.99 Å². The lowest BCUT2D eigenvalue weighted by molar-refractivity contribution is 0.0758. The Hall–Kier alpha value is -3.99. The van der Waals surface area contributed by atoms with E-state index in [0.717, 1.165) is 5.69 Å². The normalized spacial score (nSPS) is 18.0. The van der Waals surface area contributed by atoms with Crippen molar-refractivity contribution >= 4 is 17.6 Å². The molecule has 2 N–H and O–H groups in total. The van der Waals surface area contributed by atoms with E-state index in [1.54, 1.807) is 24.1 Å². The molecular weight excluding hydrogens is 441 g/mol. The Morgan fingerprint density at radius 1 is 1.15 bits per heavy atom. The molecule has 10 nitrogen and oxygen atoms in total. The maximum atomic E-state index is 14.8. The summed E-state index contributed by atoms with van der Waals surface area (Å²) in [6.07, 6.45) is 2.58. The number of halogens is 1. The van der Waals surface area contributed by atoms with E-state index in [2.05, 4.69) is 20.5 Å². The lowest BCUT2D eigenvalue weighted by atomic mass is 10.1. The van der Waals surface area contributed by atoms with E-state index in [9.17, 15) is 14.3 Å². The van der Waals surface area contributed by atoms with Crippen molar-refractivity contribution < 1.29 is 19.0 Å². The fraction of sp³-hybridized carbons (Fsp3) is 0.304. The van der Waals surface area contributed by atoms with Crippen molar-refractivity contribution in [1.82, 2.24) is 24.8 Å². The summed E-state index contributed by atoms with van der Waals surface area (Å²) in [6.45, 7) is 1.92. The van der Waals surface area contributed by atoms with Crippen LogP contribution in [0.5, 0.6) is 5.75 Å². The van der Waals surface area contributed by atoms with Gasteiger partial charge in [0, 0.05) is 37.4 Å². The molecule has 0 radical (unpaired) electrons. The fourth-order valence-corrected chi connectivity index (χ4v) is 4.22. The molecule has 176 valence electrons. The van der Waals surface area contributed by atoms with Crippen molar-refractivity contribution in [3.8, 4) is 11.4 Å². The monoisotopic (exact) mass is 465 g/mol. The van der Waals surface area contributed by atoms with Crippen LogP contribution in [0.2, 0.25) is 0 Å². The van der Waals surface area contributed by atoms with E-state index in [1.807, 2.05) is 17.0 Å². The SMILES string of the molecule is COc1ccc2c(c1)C(O)N=C(N1CCCN(C(=O)c3c(F)cccc3-n3nccn3)CC1)N2. The Kier molecular flexibility index (Phi) is 5.84. The first kappa shape index (κ1) is 21.8. The van der Waals surface area contributed by atoms with Crippen LogP contribution < -0.4 is 10.1 Å². The minimum Gasteiger partial charge on any atom is -0.497 e. The summed E-state index contributed by atoms with van der Waals surface area (Å²) in [5.41, 5.74) is 1.62. The average molecular weight is 465 g/mol. The molecule has 2 aliphatic rings. The summed E-state index contributed by atoms with van der Waals surface area (Å²) >= 11 is 0. The van der Waals surface area contributed by atoms with E-state index in [4.69, 9.17) is 4.74 Å². The largest absolute Gasteiger partial charge is 0.497 e. The Bertz CT molecular complexity index is 1230. The third kappa shape index (κ3) is 4.05. The first-order valence-corrected chi connectivity index (χ1v) is 11.0. The van der Waals surface area contributed by atoms with Gasteiger partial charge in [-0.1, -0.05) is 6.07 Å². The quantitative estimate of drug-likeness (QED) is 0.609. The molecule has 11 heteroatoms. The molecule has 1 atom stereocenters. The van der Waals surface area contributed by atoms with Crippen molar-refractivity contribution in [2.75, 3.05) is 38.6 Å². The Labute approximate surface area is 195 Å². The highest BCUT2D eigenvalue weighted by Gasteiger charge is 2.29. The molecule has 0 spiro atoms. The number of carbonyl (C=O) groups excluding carboxylic acids is 1. The van der Waals surface area contributed by atoms with Crippen molar-refractivity contribution in [1.29, 1.82) is 0 Å². The second-order valence-electron chi connectivity index (χ2n) is 7.99. The predicted octanol–water partition coefficient (Wildman–Crippen LogP) is 2.04. The summed E-state index contributed by atoms with van der Waals surface area (Å²) < 4.78 is 20.0. The van der Waals surface area contributed by atoms with E-state index < -0.39 is 18.0 Å². The van der Waals surface area contributed by atoms with Crippen molar-refractivity contribution in [3.63, 3.8) is 0 Å². The average Bonchev–Trinajstić information content (AvgIpc) is 3.27. The van der Waals surface area contributed by atoms with E-state index >= 15 is 0 Å². The van der Waals surface area contributed by atoms with Gasteiger partial charge >= 0.3 is 0 Å². The highest BCUT2D eigenvalue weighted by Crippen LogP contribution is 2.32. The third-order valence-corrected chi connectivity index (χ3v) is 5.95. The fourth-order valence-electron chi connectivity index (χ4n) is 4.22. The number of aromatic nitrogens is 3. The summed E-state index contributed by atoms with van der Waals surface area (Å²) in [4.78, 5) is 22.6. The number of ether oxygens (including phenoxy) is 1. The number of guanidine groups is 1. The zero-order chi connectivity index (χ0) is 23.7. The number of amides is 1. The molecule has 34 heavy (non-hydrogen) atoms. The van der Waals surface area contributed by atoms with Gasteiger partial charge in [0.05, 0.1) is 19.5 Å². The molecule has 1 amide bonds. The molecule has 2 aromatic carbocycles. The van der Waals surface area contributed by atoms with E-state index in [0.29, 0.717) is 55.6 Å². The van der Waals surface area contributed by atoms with Gasteiger partial charge in [-0.3, -0.25) is 4.79 Å². The van der Waals surface area contributed by atoms with Gasteiger partial charge in [-0.2, -0.15) is 15.0 Å². The Morgan fingerprint density at radius 3 is 2.76 bits per heavy atom. The molecule has 1 unspecified atom stereocenters. The Morgan fingerprint density at radius 2 is 1.97 bits per heavy atom.